The second-order valence-corrected chi connectivity index (χ2v) is 6.82. The van der Waals surface area contributed by atoms with Crippen LogP contribution in [0.2, 0.25) is 0 Å². The largest absolute Gasteiger partial charge is 0.345 e. The molecule has 1 amide bonds. The normalized spacial score (nSPS) is 19.3. The molecule has 0 radical (unpaired) electrons. The molecule has 3 rings (SSSR count). The molecule has 0 bridgehead atoms. The first-order valence-electron chi connectivity index (χ1n) is 6.86. The van der Waals surface area contributed by atoms with Gasteiger partial charge in [0.1, 0.15) is 4.33 Å². The summed E-state index contributed by atoms with van der Waals surface area (Å²) in [6, 6.07) is 19.6. The second-order valence-electron chi connectivity index (χ2n) is 5.28. The van der Waals surface area contributed by atoms with Gasteiger partial charge in [0.15, 0.2) is 0 Å². The number of rotatable bonds is 4. The third-order valence-electron chi connectivity index (χ3n) is 3.69. The van der Waals surface area contributed by atoms with Crippen LogP contribution in [0.5, 0.6) is 0 Å². The van der Waals surface area contributed by atoms with Crippen molar-refractivity contribution in [2.45, 2.75) is 16.8 Å². The van der Waals surface area contributed by atoms with E-state index < -0.39 is 4.33 Å². The molecule has 21 heavy (non-hydrogen) atoms. The molecule has 2 nitrogen and oxygen atoms in total. The van der Waals surface area contributed by atoms with Crippen molar-refractivity contribution < 1.29 is 4.79 Å². The molecule has 108 valence electrons. The fourth-order valence-corrected chi connectivity index (χ4v) is 2.90. The van der Waals surface area contributed by atoms with E-state index in [-0.39, 0.29) is 17.9 Å². The highest BCUT2D eigenvalue weighted by atomic mass is 35.5. The van der Waals surface area contributed by atoms with E-state index in [2.05, 4.69) is 5.32 Å². The molecule has 2 aromatic carbocycles. The Kier molecular flexibility index (Phi) is 3.92. The van der Waals surface area contributed by atoms with Crippen molar-refractivity contribution in [1.82, 2.24) is 5.32 Å². The number of hydrogen-bond acceptors (Lipinski definition) is 1. The van der Waals surface area contributed by atoms with Crippen LogP contribution in [0.1, 0.15) is 23.6 Å². The predicted molar refractivity (Wildman–Crippen MR) is 85.4 cm³/mol. The summed E-state index contributed by atoms with van der Waals surface area (Å²) < 4.78 is -0.901. The molecule has 1 aliphatic carbocycles. The Hall–Kier alpha value is -1.51. The van der Waals surface area contributed by atoms with Gasteiger partial charge in [-0.2, -0.15) is 0 Å². The Morgan fingerprint density at radius 3 is 1.81 bits per heavy atom. The monoisotopic (exact) mass is 319 g/mol. The van der Waals surface area contributed by atoms with Gasteiger partial charge in [0.05, 0.1) is 12.0 Å². The molecule has 1 atom stereocenters. The van der Waals surface area contributed by atoms with E-state index in [9.17, 15) is 4.79 Å². The van der Waals surface area contributed by atoms with Crippen molar-refractivity contribution in [2.24, 2.45) is 5.92 Å². The average molecular weight is 320 g/mol. The van der Waals surface area contributed by atoms with Gasteiger partial charge in [-0.3, -0.25) is 4.79 Å². The molecule has 2 aromatic rings. The zero-order valence-electron chi connectivity index (χ0n) is 11.3. The SMILES string of the molecule is O=C(NC(c1ccccc1)c1ccccc1)[C@@H]1CC1(Cl)Cl. The lowest BCUT2D eigenvalue weighted by Crippen LogP contribution is -2.31. The molecular formula is C17H15Cl2NO. The second kappa shape index (κ2) is 5.70. The average Bonchev–Trinajstić information content (AvgIpc) is 3.15. The Bertz CT molecular complexity index is 588. The minimum Gasteiger partial charge on any atom is -0.345 e. The van der Waals surface area contributed by atoms with Gasteiger partial charge >= 0.3 is 0 Å². The topological polar surface area (TPSA) is 29.1 Å². The van der Waals surface area contributed by atoms with E-state index in [1.165, 1.54) is 0 Å². The van der Waals surface area contributed by atoms with Crippen LogP contribution in [0, 0.1) is 5.92 Å². The van der Waals surface area contributed by atoms with Gasteiger partial charge in [0.2, 0.25) is 5.91 Å². The van der Waals surface area contributed by atoms with Crippen molar-refractivity contribution in [1.29, 1.82) is 0 Å². The maximum Gasteiger partial charge on any atom is 0.227 e. The van der Waals surface area contributed by atoms with Crippen LogP contribution in [0.4, 0.5) is 0 Å². The highest BCUT2D eigenvalue weighted by Crippen LogP contribution is 2.53. The highest BCUT2D eigenvalue weighted by molar-refractivity contribution is 6.52. The summed E-state index contributed by atoms with van der Waals surface area (Å²) in [5.41, 5.74) is 2.07. The van der Waals surface area contributed by atoms with Crippen LogP contribution in [0.3, 0.4) is 0 Å². The van der Waals surface area contributed by atoms with Gasteiger partial charge < -0.3 is 5.32 Å². The molecule has 1 N–H and O–H groups in total. The van der Waals surface area contributed by atoms with E-state index in [1.807, 2.05) is 60.7 Å². The molecular weight excluding hydrogens is 305 g/mol. The molecule has 0 aliphatic heterocycles. The third kappa shape index (κ3) is 3.22. The predicted octanol–water partition coefficient (Wildman–Crippen LogP) is 4.09. The smallest absolute Gasteiger partial charge is 0.227 e. The number of alkyl halides is 2. The third-order valence-corrected chi connectivity index (χ3v) is 4.53. The van der Waals surface area contributed by atoms with Crippen molar-refractivity contribution in [3.63, 3.8) is 0 Å². The zero-order chi connectivity index (χ0) is 14.9. The van der Waals surface area contributed by atoms with Crippen LogP contribution in [-0.4, -0.2) is 10.2 Å². The summed E-state index contributed by atoms with van der Waals surface area (Å²) in [6.45, 7) is 0. The number of carbonyl (C=O) groups excluding carboxylic acids is 1. The minimum atomic E-state index is -0.901. The molecule has 0 aromatic heterocycles. The lowest BCUT2D eigenvalue weighted by Gasteiger charge is -2.20. The summed E-state index contributed by atoms with van der Waals surface area (Å²) in [4.78, 5) is 12.3. The van der Waals surface area contributed by atoms with Gasteiger partial charge in [-0.15, -0.1) is 23.2 Å². The van der Waals surface area contributed by atoms with E-state index in [0.29, 0.717) is 6.42 Å². The zero-order valence-corrected chi connectivity index (χ0v) is 12.8. The maximum absolute atomic E-state index is 12.3. The lowest BCUT2D eigenvalue weighted by atomic mass is 9.98. The molecule has 0 heterocycles. The van der Waals surface area contributed by atoms with Gasteiger partial charge in [-0.25, -0.2) is 0 Å². The Labute approximate surface area is 134 Å². The molecule has 0 unspecified atom stereocenters. The summed E-state index contributed by atoms with van der Waals surface area (Å²) in [6.07, 6.45) is 0.512. The highest BCUT2D eigenvalue weighted by Gasteiger charge is 2.56. The number of nitrogens with one attached hydrogen (secondary N) is 1. The number of hydrogen-bond donors (Lipinski definition) is 1. The Balaban J connectivity index is 1.85. The number of halogens is 2. The quantitative estimate of drug-likeness (QED) is 0.845. The van der Waals surface area contributed by atoms with Gasteiger partial charge in [-0.1, -0.05) is 60.7 Å². The van der Waals surface area contributed by atoms with Crippen LogP contribution in [0.15, 0.2) is 60.7 Å². The number of carbonyl (C=O) groups is 1. The number of benzene rings is 2. The van der Waals surface area contributed by atoms with Gasteiger partial charge in [0, 0.05) is 0 Å². The number of amides is 1. The first kappa shape index (κ1) is 14.4. The van der Waals surface area contributed by atoms with Crippen molar-refractivity contribution in [3.8, 4) is 0 Å². The van der Waals surface area contributed by atoms with Crippen LogP contribution in [-0.2, 0) is 4.79 Å². The fourth-order valence-electron chi connectivity index (χ4n) is 2.39. The first-order valence-corrected chi connectivity index (χ1v) is 7.61. The maximum atomic E-state index is 12.3. The van der Waals surface area contributed by atoms with E-state index in [1.54, 1.807) is 0 Å². The van der Waals surface area contributed by atoms with E-state index >= 15 is 0 Å². The van der Waals surface area contributed by atoms with Crippen molar-refractivity contribution in [2.75, 3.05) is 0 Å². The molecule has 1 aliphatic rings. The van der Waals surface area contributed by atoms with E-state index in [0.717, 1.165) is 11.1 Å². The van der Waals surface area contributed by atoms with Gasteiger partial charge in [-0.05, 0) is 17.5 Å². The Morgan fingerprint density at radius 1 is 1.00 bits per heavy atom. The molecule has 1 saturated carbocycles. The van der Waals surface area contributed by atoms with Crippen molar-refractivity contribution in [3.05, 3.63) is 71.8 Å². The van der Waals surface area contributed by atoms with Crippen molar-refractivity contribution >= 4 is 29.1 Å². The van der Waals surface area contributed by atoms with Crippen LogP contribution in [0.25, 0.3) is 0 Å². The molecule has 0 spiro atoms. The lowest BCUT2D eigenvalue weighted by molar-refractivity contribution is -0.122. The molecule has 1 fully saturated rings. The van der Waals surface area contributed by atoms with E-state index in [4.69, 9.17) is 23.2 Å². The van der Waals surface area contributed by atoms with Gasteiger partial charge in [0.25, 0.3) is 0 Å². The Morgan fingerprint density at radius 2 is 1.43 bits per heavy atom. The molecule has 0 saturated heterocycles. The first-order chi connectivity index (χ1) is 10.1. The van der Waals surface area contributed by atoms with Crippen LogP contribution >= 0.6 is 23.2 Å². The summed E-state index contributed by atoms with van der Waals surface area (Å²) in [7, 11) is 0. The standard InChI is InChI=1S/C17H15Cl2NO/c18-17(19)11-14(17)16(21)20-15(12-7-3-1-4-8-12)13-9-5-2-6-10-13/h1-10,14-15H,11H2,(H,20,21)/t14-/m0/s1. The summed E-state index contributed by atoms with van der Waals surface area (Å²) in [5, 5.41) is 3.06. The summed E-state index contributed by atoms with van der Waals surface area (Å²) in [5.74, 6) is -0.423. The summed E-state index contributed by atoms with van der Waals surface area (Å²) >= 11 is 12.0. The minimum absolute atomic E-state index is 0.0993. The van der Waals surface area contributed by atoms with Crippen LogP contribution < -0.4 is 5.32 Å². The molecule has 4 heteroatoms. The fraction of sp³-hybridized carbons (Fsp3) is 0.235.